The third kappa shape index (κ3) is 3.72. The first kappa shape index (κ1) is 19.9. The minimum absolute atomic E-state index is 0.119. The Morgan fingerprint density at radius 2 is 1.82 bits per heavy atom. The molecule has 0 spiro atoms. The van der Waals surface area contributed by atoms with Crippen LogP contribution >= 0.6 is 0 Å². The topological polar surface area (TPSA) is 43.4 Å². The zero-order valence-electron chi connectivity index (χ0n) is 15.3. The molecule has 1 aliphatic carbocycles. The number of alkyl halides is 3. The number of carbonyl (C=O) groups is 2. The number of Topliss-reactive ketones (excluding diaryl/α,β-unsaturated/α-hetero) is 1. The van der Waals surface area contributed by atoms with Crippen LogP contribution in [-0.2, 0) is 22.1 Å². The molecule has 1 aliphatic rings. The number of methoxy groups -OCH3 is 1. The van der Waals surface area contributed by atoms with E-state index in [1.54, 1.807) is 24.3 Å². The number of hydrogen-bond acceptors (Lipinski definition) is 3. The first-order valence-corrected chi connectivity index (χ1v) is 8.83. The summed E-state index contributed by atoms with van der Waals surface area (Å²) in [6, 6.07) is 11.9. The van der Waals surface area contributed by atoms with Crippen molar-refractivity contribution in [2.45, 2.75) is 25.4 Å². The number of benzene rings is 2. The number of carbonyl (C=O) groups excluding carboxylic acids is 2. The van der Waals surface area contributed by atoms with Gasteiger partial charge in [0.15, 0.2) is 5.78 Å². The maximum absolute atomic E-state index is 13.1. The van der Waals surface area contributed by atoms with Gasteiger partial charge in [-0.3, -0.25) is 9.59 Å². The Bertz CT molecular complexity index is 913. The quantitative estimate of drug-likeness (QED) is 0.541. The van der Waals surface area contributed by atoms with Crippen molar-refractivity contribution in [3.63, 3.8) is 0 Å². The van der Waals surface area contributed by atoms with E-state index in [-0.39, 0.29) is 12.2 Å². The molecule has 0 fully saturated rings. The van der Waals surface area contributed by atoms with Gasteiger partial charge in [-0.05, 0) is 42.5 Å². The zero-order chi connectivity index (χ0) is 20.4. The molecular weight excluding hydrogens is 369 g/mol. The van der Waals surface area contributed by atoms with Crippen LogP contribution in [0.15, 0.2) is 54.6 Å². The van der Waals surface area contributed by atoms with Gasteiger partial charge in [0.25, 0.3) is 0 Å². The fourth-order valence-corrected chi connectivity index (χ4v) is 3.53. The van der Waals surface area contributed by atoms with Crippen LogP contribution in [0.2, 0.25) is 0 Å². The number of hydrogen-bond donors (Lipinski definition) is 0. The van der Waals surface area contributed by atoms with Crippen LogP contribution in [-0.4, -0.2) is 18.9 Å². The van der Waals surface area contributed by atoms with Gasteiger partial charge in [0.2, 0.25) is 0 Å². The van der Waals surface area contributed by atoms with Crippen molar-refractivity contribution in [1.29, 1.82) is 0 Å². The summed E-state index contributed by atoms with van der Waals surface area (Å²) in [6.45, 7) is 0. The van der Waals surface area contributed by atoms with Gasteiger partial charge in [-0.15, -0.1) is 0 Å². The fraction of sp³-hybridized carbons (Fsp3) is 0.273. The van der Waals surface area contributed by atoms with Gasteiger partial charge >= 0.3 is 12.1 Å². The molecular formula is C22H19F3O3. The fourth-order valence-electron chi connectivity index (χ4n) is 3.53. The number of aryl methyl sites for hydroxylation is 1. The van der Waals surface area contributed by atoms with Crippen LogP contribution in [0, 0.1) is 5.41 Å². The van der Waals surface area contributed by atoms with Gasteiger partial charge < -0.3 is 4.74 Å². The Kier molecular flexibility index (Phi) is 5.40. The lowest BCUT2D eigenvalue weighted by Crippen LogP contribution is -2.43. The van der Waals surface area contributed by atoms with Gasteiger partial charge in [-0.25, -0.2) is 0 Å². The molecule has 0 unspecified atom stereocenters. The first-order valence-electron chi connectivity index (χ1n) is 8.83. The molecule has 2 aromatic carbocycles. The molecule has 0 heterocycles. The third-order valence-electron chi connectivity index (χ3n) is 5.11. The lowest BCUT2D eigenvalue weighted by Gasteiger charge is -2.33. The van der Waals surface area contributed by atoms with Crippen LogP contribution in [0.25, 0.3) is 6.08 Å². The molecule has 28 heavy (non-hydrogen) atoms. The Labute approximate surface area is 160 Å². The molecule has 0 bridgehead atoms. The number of esters is 1. The van der Waals surface area contributed by atoms with E-state index in [2.05, 4.69) is 0 Å². The smallest absolute Gasteiger partial charge is 0.416 e. The third-order valence-corrected chi connectivity index (χ3v) is 5.11. The van der Waals surface area contributed by atoms with Crippen molar-refractivity contribution >= 4 is 17.8 Å². The maximum atomic E-state index is 13.1. The molecule has 6 heteroatoms. The highest BCUT2D eigenvalue weighted by Gasteiger charge is 2.48. The Hall–Kier alpha value is -2.89. The van der Waals surface area contributed by atoms with Crippen molar-refractivity contribution in [2.24, 2.45) is 5.41 Å². The molecule has 2 aromatic rings. The maximum Gasteiger partial charge on any atom is 0.416 e. The highest BCUT2D eigenvalue weighted by molar-refractivity contribution is 6.14. The van der Waals surface area contributed by atoms with Crippen molar-refractivity contribution in [2.75, 3.05) is 7.11 Å². The Morgan fingerprint density at radius 1 is 1.14 bits per heavy atom. The van der Waals surface area contributed by atoms with Gasteiger partial charge in [-0.1, -0.05) is 48.6 Å². The normalized spacial score (nSPS) is 19.5. The van der Waals surface area contributed by atoms with Crippen LogP contribution in [0.3, 0.4) is 0 Å². The lowest BCUT2D eigenvalue weighted by molar-refractivity contribution is -0.150. The summed E-state index contributed by atoms with van der Waals surface area (Å²) in [4.78, 5) is 25.6. The Balaban J connectivity index is 1.84. The molecule has 3 rings (SSSR count). The van der Waals surface area contributed by atoms with Crippen molar-refractivity contribution < 1.29 is 27.5 Å². The number of allylic oxidation sites excluding steroid dienone is 1. The molecule has 0 aromatic heterocycles. The predicted octanol–water partition coefficient (Wildman–Crippen LogP) is 5.10. The van der Waals surface area contributed by atoms with Crippen LogP contribution in [0.1, 0.15) is 39.9 Å². The molecule has 146 valence electrons. The molecule has 0 radical (unpaired) electrons. The molecule has 0 saturated carbocycles. The minimum Gasteiger partial charge on any atom is -0.468 e. The van der Waals surface area contributed by atoms with Gasteiger partial charge in [0, 0.05) is 5.56 Å². The van der Waals surface area contributed by atoms with E-state index in [1.807, 2.05) is 12.1 Å². The largest absolute Gasteiger partial charge is 0.468 e. The SMILES string of the molecule is COC(=O)[C@@]1(C/C=C/c2ccc(C(F)(F)F)cc2)CCc2ccccc2C1=O. The molecule has 3 nitrogen and oxygen atoms in total. The summed E-state index contributed by atoms with van der Waals surface area (Å²) >= 11 is 0. The summed E-state index contributed by atoms with van der Waals surface area (Å²) < 4.78 is 42.9. The van der Waals surface area contributed by atoms with Crippen molar-refractivity contribution in [3.8, 4) is 0 Å². The second-order valence-corrected chi connectivity index (χ2v) is 6.79. The summed E-state index contributed by atoms with van der Waals surface area (Å²) in [6.07, 6.45) is -0.116. The van der Waals surface area contributed by atoms with E-state index >= 15 is 0 Å². The second-order valence-electron chi connectivity index (χ2n) is 6.79. The minimum atomic E-state index is -4.39. The summed E-state index contributed by atoms with van der Waals surface area (Å²) in [5.41, 5.74) is -0.0712. The number of rotatable bonds is 4. The monoisotopic (exact) mass is 388 g/mol. The number of fused-ring (bicyclic) bond motifs is 1. The van der Waals surface area contributed by atoms with E-state index in [9.17, 15) is 22.8 Å². The summed E-state index contributed by atoms with van der Waals surface area (Å²) in [5, 5.41) is 0. The van der Waals surface area contributed by atoms with E-state index in [4.69, 9.17) is 4.74 Å². The molecule has 0 amide bonds. The molecule has 1 atom stereocenters. The summed E-state index contributed by atoms with van der Waals surface area (Å²) in [5.74, 6) is -0.873. The lowest BCUT2D eigenvalue weighted by atomic mass is 9.68. The van der Waals surface area contributed by atoms with Gasteiger partial charge in [0.1, 0.15) is 5.41 Å². The average Bonchev–Trinajstić information content (AvgIpc) is 2.69. The van der Waals surface area contributed by atoms with E-state index in [1.165, 1.54) is 19.2 Å². The van der Waals surface area contributed by atoms with E-state index in [0.717, 1.165) is 17.7 Å². The van der Waals surface area contributed by atoms with Crippen LogP contribution in [0.5, 0.6) is 0 Å². The Morgan fingerprint density at radius 3 is 2.46 bits per heavy atom. The number of ether oxygens (including phenoxy) is 1. The molecule has 0 N–H and O–H groups in total. The van der Waals surface area contributed by atoms with Gasteiger partial charge in [-0.2, -0.15) is 13.2 Å². The first-order chi connectivity index (χ1) is 13.3. The second kappa shape index (κ2) is 7.62. The number of ketones is 1. The van der Waals surface area contributed by atoms with Crippen molar-refractivity contribution in [1.82, 2.24) is 0 Å². The summed E-state index contributed by atoms with van der Waals surface area (Å²) in [7, 11) is 1.25. The average molecular weight is 388 g/mol. The van der Waals surface area contributed by atoms with Crippen molar-refractivity contribution in [3.05, 3.63) is 76.9 Å². The highest BCUT2D eigenvalue weighted by Crippen LogP contribution is 2.40. The van der Waals surface area contributed by atoms with Crippen LogP contribution in [0.4, 0.5) is 13.2 Å². The predicted molar refractivity (Wildman–Crippen MR) is 98.6 cm³/mol. The highest BCUT2D eigenvalue weighted by atomic mass is 19.4. The molecule has 0 aliphatic heterocycles. The number of halogens is 3. The molecule has 0 saturated heterocycles. The van der Waals surface area contributed by atoms with E-state index in [0.29, 0.717) is 24.0 Å². The van der Waals surface area contributed by atoms with E-state index < -0.39 is 23.1 Å². The zero-order valence-corrected chi connectivity index (χ0v) is 15.3. The van der Waals surface area contributed by atoms with Gasteiger partial charge in [0.05, 0.1) is 12.7 Å². The standard InChI is InChI=1S/C22H19F3O3/c1-28-20(27)21(14-12-16-6-2-3-7-18(16)19(21)26)13-4-5-15-8-10-17(11-9-15)22(23,24)25/h2-11H,12-14H2,1H3/b5-4+/t21-/m0/s1. The van der Waals surface area contributed by atoms with Crippen LogP contribution < -0.4 is 0 Å².